The quantitative estimate of drug-likeness (QED) is 0.577. The van der Waals surface area contributed by atoms with Gasteiger partial charge in [0.05, 0.1) is 5.69 Å². The number of imide groups is 1. The molecule has 2 aromatic carbocycles. The molecule has 0 aliphatic carbocycles. The van der Waals surface area contributed by atoms with E-state index in [1.54, 1.807) is 11.0 Å². The molecule has 4 heterocycles. The van der Waals surface area contributed by atoms with Gasteiger partial charge < -0.3 is 9.64 Å². The maximum atomic E-state index is 13.1. The number of rotatable bonds is 5. The second kappa shape index (κ2) is 8.78. The normalized spacial score (nSPS) is 22.5. The molecule has 2 atom stereocenters. The van der Waals surface area contributed by atoms with Crippen LogP contribution in [0.15, 0.2) is 54.7 Å². The van der Waals surface area contributed by atoms with Gasteiger partial charge in [-0.25, -0.2) is 0 Å². The number of benzene rings is 2. The molecule has 3 aliphatic rings. The largest absolute Gasteiger partial charge is 0.489 e. The van der Waals surface area contributed by atoms with Crippen LogP contribution in [-0.2, 0) is 22.7 Å². The standard InChI is InChI=1S/C27H26N4O4/c32-25-8-7-24(26(33)29-25)31-14-19-5-6-21(12-23(19)27(31)34)35-22-9-10-30(16-22)15-20-11-17-3-1-2-4-18(17)13-28-20/h1-6,11-13,22,24H,7-10,14-16H2,(H,29,32,33). The Morgan fingerprint density at radius 3 is 2.74 bits per heavy atom. The third-order valence-electron chi connectivity index (χ3n) is 7.10. The van der Waals surface area contributed by atoms with E-state index in [1.165, 1.54) is 5.39 Å². The number of likely N-dealkylation sites (tertiary alicyclic amines) is 1. The summed E-state index contributed by atoms with van der Waals surface area (Å²) in [6.45, 7) is 2.86. The predicted octanol–water partition coefficient (Wildman–Crippen LogP) is 2.65. The minimum atomic E-state index is -0.607. The van der Waals surface area contributed by atoms with Crippen molar-refractivity contribution >= 4 is 28.5 Å². The number of pyridine rings is 1. The van der Waals surface area contributed by atoms with Crippen molar-refractivity contribution in [2.75, 3.05) is 13.1 Å². The second-order valence-electron chi connectivity index (χ2n) is 9.51. The number of ether oxygens (including phenoxy) is 1. The number of hydrogen-bond acceptors (Lipinski definition) is 6. The van der Waals surface area contributed by atoms with Crippen molar-refractivity contribution in [3.8, 4) is 5.75 Å². The molecule has 2 fully saturated rings. The number of nitrogens with zero attached hydrogens (tertiary/aromatic N) is 3. The number of hydrogen-bond donors (Lipinski definition) is 1. The van der Waals surface area contributed by atoms with Gasteiger partial charge >= 0.3 is 0 Å². The Morgan fingerprint density at radius 1 is 1.03 bits per heavy atom. The van der Waals surface area contributed by atoms with Crippen LogP contribution >= 0.6 is 0 Å². The van der Waals surface area contributed by atoms with Crippen LogP contribution in [0.3, 0.4) is 0 Å². The summed E-state index contributed by atoms with van der Waals surface area (Å²) in [5.74, 6) is -0.202. The van der Waals surface area contributed by atoms with Gasteiger partial charge in [-0.15, -0.1) is 0 Å². The molecule has 3 aliphatic heterocycles. The first-order chi connectivity index (χ1) is 17.0. The summed E-state index contributed by atoms with van der Waals surface area (Å²) >= 11 is 0. The van der Waals surface area contributed by atoms with Crippen molar-refractivity contribution in [1.82, 2.24) is 20.1 Å². The van der Waals surface area contributed by atoms with Crippen molar-refractivity contribution in [2.24, 2.45) is 0 Å². The highest BCUT2D eigenvalue weighted by Crippen LogP contribution is 2.31. The maximum absolute atomic E-state index is 13.1. The first-order valence-corrected chi connectivity index (χ1v) is 12.0. The van der Waals surface area contributed by atoms with Crippen LogP contribution < -0.4 is 10.1 Å². The Hall–Kier alpha value is -3.78. The molecule has 3 aromatic rings. The Kier molecular flexibility index (Phi) is 5.45. The number of fused-ring (bicyclic) bond motifs is 2. The van der Waals surface area contributed by atoms with Gasteiger partial charge in [0, 0.05) is 49.7 Å². The van der Waals surface area contributed by atoms with Crippen molar-refractivity contribution in [2.45, 2.75) is 44.5 Å². The number of amides is 3. The molecular formula is C27H26N4O4. The molecular weight excluding hydrogens is 444 g/mol. The highest BCUT2D eigenvalue weighted by Gasteiger charge is 2.39. The summed E-state index contributed by atoms with van der Waals surface area (Å²) in [7, 11) is 0. The Labute approximate surface area is 202 Å². The molecule has 1 N–H and O–H groups in total. The van der Waals surface area contributed by atoms with Crippen LogP contribution in [-0.4, -0.2) is 57.7 Å². The average Bonchev–Trinajstić information content (AvgIpc) is 3.43. The zero-order valence-corrected chi connectivity index (χ0v) is 19.3. The van der Waals surface area contributed by atoms with Gasteiger partial charge in [0.2, 0.25) is 11.8 Å². The van der Waals surface area contributed by atoms with Gasteiger partial charge in [-0.1, -0.05) is 30.3 Å². The topological polar surface area (TPSA) is 91.8 Å². The lowest BCUT2D eigenvalue weighted by Gasteiger charge is -2.29. The zero-order valence-electron chi connectivity index (χ0n) is 19.3. The van der Waals surface area contributed by atoms with Crippen molar-refractivity contribution < 1.29 is 19.1 Å². The molecule has 8 nitrogen and oxygen atoms in total. The average molecular weight is 471 g/mol. The Bertz CT molecular complexity index is 1340. The molecule has 0 bridgehead atoms. The van der Waals surface area contributed by atoms with Crippen LogP contribution in [0.25, 0.3) is 10.8 Å². The number of carbonyl (C=O) groups excluding carboxylic acids is 3. The van der Waals surface area contributed by atoms with E-state index in [-0.39, 0.29) is 24.3 Å². The monoisotopic (exact) mass is 470 g/mol. The van der Waals surface area contributed by atoms with E-state index in [4.69, 9.17) is 4.74 Å². The number of aromatic nitrogens is 1. The van der Waals surface area contributed by atoms with Crippen LogP contribution in [0, 0.1) is 0 Å². The molecule has 3 amide bonds. The first-order valence-electron chi connectivity index (χ1n) is 12.0. The lowest BCUT2D eigenvalue weighted by Crippen LogP contribution is -2.52. The molecule has 0 radical (unpaired) electrons. The van der Waals surface area contributed by atoms with Crippen molar-refractivity contribution in [3.05, 3.63) is 71.5 Å². The van der Waals surface area contributed by atoms with Gasteiger partial charge in [0.25, 0.3) is 5.91 Å². The molecule has 8 heteroatoms. The second-order valence-corrected chi connectivity index (χ2v) is 9.51. The van der Waals surface area contributed by atoms with E-state index in [9.17, 15) is 14.4 Å². The SMILES string of the molecule is O=C1CCC(N2Cc3ccc(OC4CCN(Cc5cc6ccccc6cn5)C4)cc3C2=O)C(=O)N1. The van der Waals surface area contributed by atoms with Gasteiger partial charge in [-0.2, -0.15) is 0 Å². The summed E-state index contributed by atoms with van der Waals surface area (Å²) in [4.78, 5) is 45.3. The van der Waals surface area contributed by atoms with Crippen LogP contribution in [0.5, 0.6) is 5.75 Å². The third-order valence-corrected chi connectivity index (χ3v) is 7.10. The maximum Gasteiger partial charge on any atom is 0.255 e. The summed E-state index contributed by atoms with van der Waals surface area (Å²) in [6, 6.07) is 15.4. The van der Waals surface area contributed by atoms with Gasteiger partial charge in [-0.05, 0) is 42.0 Å². The molecule has 0 spiro atoms. The highest BCUT2D eigenvalue weighted by atomic mass is 16.5. The first kappa shape index (κ1) is 21.7. The molecule has 0 saturated carbocycles. The summed E-state index contributed by atoms with van der Waals surface area (Å²) in [6.07, 6.45) is 3.47. The van der Waals surface area contributed by atoms with E-state index >= 15 is 0 Å². The number of nitrogens with one attached hydrogen (secondary N) is 1. The minimum Gasteiger partial charge on any atom is -0.489 e. The summed E-state index contributed by atoms with van der Waals surface area (Å²) in [5.41, 5.74) is 2.49. The fraction of sp³-hybridized carbons (Fsp3) is 0.333. The molecule has 178 valence electrons. The van der Waals surface area contributed by atoms with E-state index in [2.05, 4.69) is 33.4 Å². The van der Waals surface area contributed by atoms with E-state index < -0.39 is 11.9 Å². The molecule has 1 aromatic heterocycles. The van der Waals surface area contributed by atoms with Crippen LogP contribution in [0.4, 0.5) is 0 Å². The lowest BCUT2D eigenvalue weighted by molar-refractivity contribution is -0.136. The number of carbonyl (C=O) groups is 3. The number of piperidine rings is 1. The smallest absolute Gasteiger partial charge is 0.255 e. The van der Waals surface area contributed by atoms with Gasteiger partial charge in [0.1, 0.15) is 17.9 Å². The van der Waals surface area contributed by atoms with Crippen LogP contribution in [0.2, 0.25) is 0 Å². The fourth-order valence-corrected chi connectivity index (χ4v) is 5.28. The third kappa shape index (κ3) is 4.25. The Morgan fingerprint density at radius 2 is 1.89 bits per heavy atom. The van der Waals surface area contributed by atoms with Crippen LogP contribution in [0.1, 0.15) is 40.9 Å². The zero-order chi connectivity index (χ0) is 23.9. The minimum absolute atomic E-state index is 0.0382. The molecule has 35 heavy (non-hydrogen) atoms. The highest BCUT2D eigenvalue weighted by molar-refractivity contribution is 6.05. The fourth-order valence-electron chi connectivity index (χ4n) is 5.28. The molecule has 2 unspecified atom stereocenters. The van der Waals surface area contributed by atoms with Gasteiger partial charge in [-0.3, -0.25) is 29.6 Å². The summed E-state index contributed by atoms with van der Waals surface area (Å²) in [5, 5.41) is 4.67. The van der Waals surface area contributed by atoms with Gasteiger partial charge in [0.15, 0.2) is 0 Å². The molecule has 2 saturated heterocycles. The molecule has 6 rings (SSSR count). The lowest BCUT2D eigenvalue weighted by atomic mass is 10.0. The van der Waals surface area contributed by atoms with E-state index in [1.807, 2.05) is 30.5 Å². The Balaban J connectivity index is 1.09. The van der Waals surface area contributed by atoms with Crippen molar-refractivity contribution in [3.63, 3.8) is 0 Å². The van der Waals surface area contributed by atoms with Crippen molar-refractivity contribution in [1.29, 1.82) is 0 Å². The summed E-state index contributed by atoms with van der Waals surface area (Å²) < 4.78 is 6.25. The van der Waals surface area contributed by atoms with E-state index in [0.29, 0.717) is 24.3 Å². The predicted molar refractivity (Wildman–Crippen MR) is 129 cm³/mol. The van der Waals surface area contributed by atoms with E-state index in [0.717, 1.165) is 42.7 Å².